The van der Waals surface area contributed by atoms with Gasteiger partial charge in [0.1, 0.15) is 18.1 Å². The van der Waals surface area contributed by atoms with Gasteiger partial charge in [-0.2, -0.15) is 0 Å². The Balaban J connectivity index is 5.46. The molecule has 0 spiro atoms. The predicted molar refractivity (Wildman–Crippen MR) is 139 cm³/mol. The summed E-state index contributed by atoms with van der Waals surface area (Å²) < 4.78 is 0. The van der Waals surface area contributed by atoms with Crippen LogP contribution in [0.1, 0.15) is 45.4 Å². The second-order valence-corrected chi connectivity index (χ2v) is 8.06. The third-order valence-corrected chi connectivity index (χ3v) is 4.78. The SMILES string of the molecule is CC(=O)N[C@@H](CCCN=C(N)N)C(=O)N[C@@H](CCCN=C(N)N)C(=O)N[C@@H](CCCN=C(N)N)C(=O)O. The summed E-state index contributed by atoms with van der Waals surface area (Å²) in [6, 6.07) is -3.35. The summed E-state index contributed by atoms with van der Waals surface area (Å²) in [5, 5.41) is 17.0. The van der Waals surface area contributed by atoms with Crippen molar-refractivity contribution in [3.05, 3.63) is 0 Å². The third-order valence-electron chi connectivity index (χ3n) is 4.78. The Morgan fingerprint density at radius 1 is 0.622 bits per heavy atom. The molecule has 210 valence electrons. The van der Waals surface area contributed by atoms with Crippen LogP contribution >= 0.6 is 0 Å². The normalized spacial score (nSPS) is 12.7. The van der Waals surface area contributed by atoms with Crippen LogP contribution in [0.4, 0.5) is 0 Å². The van der Waals surface area contributed by atoms with Gasteiger partial charge in [-0.25, -0.2) is 4.79 Å². The fourth-order valence-electron chi connectivity index (χ4n) is 3.10. The Morgan fingerprint density at radius 2 is 0.946 bits per heavy atom. The van der Waals surface area contributed by atoms with E-state index in [9.17, 15) is 24.3 Å². The molecule has 16 N–H and O–H groups in total. The van der Waals surface area contributed by atoms with E-state index in [1.165, 1.54) is 6.92 Å². The highest BCUT2D eigenvalue weighted by Gasteiger charge is 2.28. The maximum atomic E-state index is 13.0. The summed E-state index contributed by atoms with van der Waals surface area (Å²) in [4.78, 5) is 60.6. The molecule has 0 unspecified atom stereocenters. The lowest BCUT2D eigenvalue weighted by atomic mass is 10.1. The Labute approximate surface area is 214 Å². The lowest BCUT2D eigenvalue weighted by Gasteiger charge is -2.24. The zero-order chi connectivity index (χ0) is 28.4. The van der Waals surface area contributed by atoms with Gasteiger partial charge in [0.2, 0.25) is 17.7 Å². The van der Waals surface area contributed by atoms with E-state index in [1.54, 1.807) is 0 Å². The molecular formula is C20H40N12O5. The van der Waals surface area contributed by atoms with E-state index in [0.717, 1.165) is 0 Å². The fourth-order valence-corrected chi connectivity index (χ4v) is 3.10. The number of carbonyl (C=O) groups is 4. The highest BCUT2D eigenvalue weighted by Crippen LogP contribution is 2.06. The Morgan fingerprint density at radius 3 is 1.27 bits per heavy atom. The number of amides is 3. The second-order valence-electron chi connectivity index (χ2n) is 8.06. The van der Waals surface area contributed by atoms with E-state index in [4.69, 9.17) is 34.4 Å². The molecule has 0 aromatic rings. The number of carbonyl (C=O) groups excluding carboxylic acids is 3. The molecule has 0 aromatic carbocycles. The summed E-state index contributed by atoms with van der Waals surface area (Å²) in [6.07, 6.45) is 1.29. The molecule has 0 rings (SSSR count). The van der Waals surface area contributed by atoms with Crippen LogP contribution in [-0.2, 0) is 19.2 Å². The van der Waals surface area contributed by atoms with Gasteiger partial charge >= 0.3 is 5.97 Å². The third kappa shape index (κ3) is 16.9. The number of hydrogen-bond acceptors (Lipinski definition) is 7. The van der Waals surface area contributed by atoms with E-state index in [0.29, 0.717) is 12.8 Å². The van der Waals surface area contributed by atoms with Crippen molar-refractivity contribution in [1.82, 2.24) is 16.0 Å². The van der Waals surface area contributed by atoms with Gasteiger partial charge in [0, 0.05) is 26.6 Å². The van der Waals surface area contributed by atoms with Gasteiger partial charge in [0.15, 0.2) is 17.9 Å². The molecule has 17 heteroatoms. The van der Waals surface area contributed by atoms with E-state index in [1.807, 2.05) is 0 Å². The molecule has 0 saturated heterocycles. The molecule has 0 heterocycles. The van der Waals surface area contributed by atoms with Crippen molar-refractivity contribution in [3.8, 4) is 0 Å². The summed E-state index contributed by atoms with van der Waals surface area (Å²) in [6.45, 7) is 1.83. The van der Waals surface area contributed by atoms with Gasteiger partial charge in [-0.15, -0.1) is 0 Å². The fraction of sp³-hybridized carbons (Fsp3) is 0.650. The van der Waals surface area contributed by atoms with Crippen LogP contribution in [0.15, 0.2) is 15.0 Å². The Kier molecular flexibility index (Phi) is 15.9. The first-order chi connectivity index (χ1) is 17.3. The number of nitrogens with two attached hydrogens (primary N) is 6. The van der Waals surface area contributed by atoms with E-state index in [-0.39, 0.29) is 63.2 Å². The van der Waals surface area contributed by atoms with Gasteiger partial charge in [-0.3, -0.25) is 29.4 Å². The molecule has 3 atom stereocenters. The van der Waals surface area contributed by atoms with E-state index < -0.39 is 41.8 Å². The minimum atomic E-state index is -1.26. The van der Waals surface area contributed by atoms with Crippen molar-refractivity contribution >= 4 is 41.6 Å². The minimum absolute atomic E-state index is 0.0474. The average molecular weight is 529 g/mol. The Hall–Kier alpha value is -4.31. The maximum absolute atomic E-state index is 13.0. The van der Waals surface area contributed by atoms with Crippen molar-refractivity contribution in [1.29, 1.82) is 0 Å². The van der Waals surface area contributed by atoms with Gasteiger partial charge in [-0.05, 0) is 38.5 Å². The zero-order valence-electron chi connectivity index (χ0n) is 21.0. The average Bonchev–Trinajstić information content (AvgIpc) is 2.78. The highest BCUT2D eigenvalue weighted by molar-refractivity contribution is 5.93. The van der Waals surface area contributed by atoms with Crippen LogP contribution in [-0.4, -0.2) is 84.4 Å². The molecule has 0 bridgehead atoms. The number of carboxylic acid groups (broad SMARTS) is 1. The molecule has 0 aliphatic rings. The first-order valence-corrected chi connectivity index (χ1v) is 11.6. The number of nitrogens with zero attached hydrogens (tertiary/aromatic N) is 3. The Bertz CT molecular complexity index is 849. The van der Waals surface area contributed by atoms with Crippen molar-refractivity contribution < 1.29 is 24.3 Å². The summed E-state index contributed by atoms with van der Waals surface area (Å²) in [5.41, 5.74) is 31.7. The first-order valence-electron chi connectivity index (χ1n) is 11.6. The molecule has 37 heavy (non-hydrogen) atoms. The lowest BCUT2D eigenvalue weighted by molar-refractivity contribution is -0.142. The first kappa shape index (κ1) is 32.7. The van der Waals surface area contributed by atoms with Gasteiger partial charge in [-0.1, -0.05) is 0 Å². The summed E-state index contributed by atoms with van der Waals surface area (Å²) in [5.74, 6) is -3.46. The van der Waals surface area contributed by atoms with Crippen LogP contribution in [0.5, 0.6) is 0 Å². The standard InChI is InChI=1S/C20H40N12O5/c1-11(33)30-12(5-2-8-27-18(21)22)15(34)31-13(6-3-9-28-19(23)24)16(35)32-14(17(36)37)7-4-10-29-20(25)26/h12-14H,2-10H2,1H3,(H,30,33)(H,31,34)(H,32,35)(H,36,37)(H4,21,22,27)(H4,23,24,28)(H4,25,26,29)/t12-,13-,14-/m0/s1. The minimum Gasteiger partial charge on any atom is -0.480 e. The zero-order valence-corrected chi connectivity index (χ0v) is 21.0. The van der Waals surface area contributed by atoms with Crippen LogP contribution in [0.25, 0.3) is 0 Å². The van der Waals surface area contributed by atoms with Crippen molar-refractivity contribution in [2.24, 2.45) is 49.4 Å². The molecule has 0 radical (unpaired) electrons. The lowest BCUT2D eigenvalue weighted by Crippen LogP contribution is -2.55. The van der Waals surface area contributed by atoms with E-state index >= 15 is 0 Å². The van der Waals surface area contributed by atoms with Crippen LogP contribution in [0.3, 0.4) is 0 Å². The van der Waals surface area contributed by atoms with Crippen molar-refractivity contribution in [3.63, 3.8) is 0 Å². The van der Waals surface area contributed by atoms with Crippen molar-refractivity contribution in [2.75, 3.05) is 19.6 Å². The summed E-state index contributed by atoms with van der Waals surface area (Å²) in [7, 11) is 0. The van der Waals surface area contributed by atoms with Crippen LogP contribution in [0.2, 0.25) is 0 Å². The van der Waals surface area contributed by atoms with Crippen molar-refractivity contribution in [2.45, 2.75) is 63.6 Å². The molecular weight excluding hydrogens is 488 g/mol. The quantitative estimate of drug-likeness (QED) is 0.0460. The summed E-state index contributed by atoms with van der Waals surface area (Å²) >= 11 is 0. The van der Waals surface area contributed by atoms with E-state index in [2.05, 4.69) is 30.9 Å². The molecule has 17 nitrogen and oxygen atoms in total. The number of hydrogen-bond donors (Lipinski definition) is 10. The number of carboxylic acids is 1. The molecule has 0 aliphatic heterocycles. The predicted octanol–water partition coefficient (Wildman–Crippen LogP) is -4.29. The molecule has 0 aliphatic carbocycles. The topological polar surface area (TPSA) is 318 Å². The molecule has 0 saturated carbocycles. The number of rotatable bonds is 18. The highest BCUT2D eigenvalue weighted by atomic mass is 16.4. The monoisotopic (exact) mass is 528 g/mol. The van der Waals surface area contributed by atoms with Gasteiger partial charge in [0.05, 0.1) is 0 Å². The number of guanidine groups is 3. The molecule has 0 fully saturated rings. The van der Waals surface area contributed by atoms with Gasteiger partial charge in [0.25, 0.3) is 0 Å². The van der Waals surface area contributed by atoms with Crippen LogP contribution in [0, 0.1) is 0 Å². The smallest absolute Gasteiger partial charge is 0.326 e. The second kappa shape index (κ2) is 18.0. The molecule has 3 amide bonds. The van der Waals surface area contributed by atoms with Gasteiger partial charge < -0.3 is 55.5 Å². The number of aliphatic imine (C=N–C) groups is 3. The number of nitrogens with one attached hydrogen (secondary N) is 3. The largest absolute Gasteiger partial charge is 0.480 e. The maximum Gasteiger partial charge on any atom is 0.326 e. The number of aliphatic carboxylic acids is 1. The molecule has 0 aromatic heterocycles. The van der Waals surface area contributed by atoms with Crippen LogP contribution < -0.4 is 50.4 Å².